The standard InChI is InChI=1S/C11H7Cl2NO2/c12-6-3-9(13)8-2-1-7(5-11(15)16)14-10(8)4-6/h1-4H,5H2,(H,15,16). The third-order valence-electron chi connectivity index (χ3n) is 2.11. The molecule has 1 aromatic heterocycles. The molecule has 0 saturated heterocycles. The molecule has 0 bridgehead atoms. The van der Waals surface area contributed by atoms with Crippen LogP contribution in [0, 0.1) is 0 Å². The van der Waals surface area contributed by atoms with Gasteiger partial charge in [-0.2, -0.15) is 0 Å². The van der Waals surface area contributed by atoms with E-state index in [9.17, 15) is 4.79 Å². The van der Waals surface area contributed by atoms with Crippen molar-refractivity contribution in [1.82, 2.24) is 4.98 Å². The Balaban J connectivity index is 2.57. The molecule has 0 amide bonds. The van der Waals surface area contributed by atoms with E-state index in [0.717, 1.165) is 5.39 Å². The minimum absolute atomic E-state index is 0.111. The lowest BCUT2D eigenvalue weighted by atomic mass is 10.2. The molecule has 0 spiro atoms. The number of nitrogens with zero attached hydrogens (tertiary/aromatic N) is 1. The van der Waals surface area contributed by atoms with Gasteiger partial charge in [0, 0.05) is 10.4 Å². The Morgan fingerprint density at radius 1 is 1.31 bits per heavy atom. The van der Waals surface area contributed by atoms with Crippen LogP contribution in [0.4, 0.5) is 0 Å². The first kappa shape index (κ1) is 11.2. The molecule has 2 aromatic rings. The number of aliphatic carboxylic acids is 1. The fourth-order valence-corrected chi connectivity index (χ4v) is 2.00. The van der Waals surface area contributed by atoms with E-state index in [1.54, 1.807) is 24.3 Å². The number of pyridine rings is 1. The van der Waals surface area contributed by atoms with E-state index in [1.807, 2.05) is 0 Å². The molecular formula is C11H7Cl2NO2. The van der Waals surface area contributed by atoms with Crippen LogP contribution < -0.4 is 0 Å². The maximum absolute atomic E-state index is 10.5. The van der Waals surface area contributed by atoms with Crippen molar-refractivity contribution < 1.29 is 9.90 Å². The average molecular weight is 256 g/mol. The van der Waals surface area contributed by atoms with Gasteiger partial charge >= 0.3 is 5.97 Å². The smallest absolute Gasteiger partial charge is 0.309 e. The van der Waals surface area contributed by atoms with Crippen LogP contribution in [-0.4, -0.2) is 16.1 Å². The van der Waals surface area contributed by atoms with Crippen molar-refractivity contribution in [3.8, 4) is 0 Å². The average Bonchev–Trinajstić information content (AvgIpc) is 2.15. The van der Waals surface area contributed by atoms with E-state index in [-0.39, 0.29) is 6.42 Å². The molecule has 82 valence electrons. The van der Waals surface area contributed by atoms with Crippen molar-refractivity contribution in [3.05, 3.63) is 40.0 Å². The predicted molar refractivity (Wildman–Crippen MR) is 63.1 cm³/mol. The molecule has 0 aliphatic rings. The molecule has 2 rings (SSSR count). The van der Waals surface area contributed by atoms with Gasteiger partial charge in [0.15, 0.2) is 0 Å². The molecule has 0 aliphatic heterocycles. The second kappa shape index (κ2) is 4.28. The highest BCUT2D eigenvalue weighted by Gasteiger charge is 2.06. The summed E-state index contributed by atoms with van der Waals surface area (Å²) in [6.45, 7) is 0. The molecule has 1 heterocycles. The van der Waals surface area contributed by atoms with E-state index in [0.29, 0.717) is 21.3 Å². The molecule has 0 unspecified atom stereocenters. The first-order valence-corrected chi connectivity index (χ1v) is 5.28. The number of carboxylic acids is 1. The van der Waals surface area contributed by atoms with E-state index in [4.69, 9.17) is 28.3 Å². The zero-order valence-electron chi connectivity index (χ0n) is 8.08. The highest BCUT2D eigenvalue weighted by atomic mass is 35.5. The number of carbonyl (C=O) groups is 1. The van der Waals surface area contributed by atoms with Crippen molar-refractivity contribution in [2.24, 2.45) is 0 Å². The van der Waals surface area contributed by atoms with Gasteiger partial charge in [-0.1, -0.05) is 23.2 Å². The number of rotatable bonds is 2. The van der Waals surface area contributed by atoms with Crippen LogP contribution >= 0.6 is 23.2 Å². The van der Waals surface area contributed by atoms with Gasteiger partial charge in [0.25, 0.3) is 0 Å². The lowest BCUT2D eigenvalue weighted by Crippen LogP contribution is -2.02. The molecule has 16 heavy (non-hydrogen) atoms. The molecule has 1 aromatic carbocycles. The molecule has 3 nitrogen and oxygen atoms in total. The van der Waals surface area contributed by atoms with E-state index in [2.05, 4.69) is 4.98 Å². The maximum atomic E-state index is 10.5. The van der Waals surface area contributed by atoms with Crippen LogP contribution in [0.2, 0.25) is 10.0 Å². The third-order valence-corrected chi connectivity index (χ3v) is 2.64. The summed E-state index contributed by atoms with van der Waals surface area (Å²) < 4.78 is 0. The molecule has 0 atom stereocenters. The SMILES string of the molecule is O=C(O)Cc1ccc2c(Cl)cc(Cl)cc2n1. The minimum Gasteiger partial charge on any atom is -0.481 e. The number of benzene rings is 1. The lowest BCUT2D eigenvalue weighted by Gasteiger charge is -2.03. The first-order valence-electron chi connectivity index (χ1n) is 4.53. The topological polar surface area (TPSA) is 50.2 Å². The summed E-state index contributed by atoms with van der Waals surface area (Å²) >= 11 is 11.8. The molecular weight excluding hydrogens is 249 g/mol. The Hall–Kier alpha value is -1.32. The predicted octanol–water partition coefficient (Wildman–Crippen LogP) is 3.17. The Morgan fingerprint density at radius 3 is 2.75 bits per heavy atom. The molecule has 0 radical (unpaired) electrons. The second-order valence-electron chi connectivity index (χ2n) is 3.33. The Bertz CT molecular complexity index is 569. The lowest BCUT2D eigenvalue weighted by molar-refractivity contribution is -0.136. The third kappa shape index (κ3) is 2.26. The molecule has 0 aliphatic carbocycles. The summed E-state index contributed by atoms with van der Waals surface area (Å²) in [6.07, 6.45) is -0.111. The summed E-state index contributed by atoms with van der Waals surface area (Å²) in [7, 11) is 0. The van der Waals surface area contributed by atoms with Gasteiger partial charge in [0.05, 0.1) is 22.7 Å². The van der Waals surface area contributed by atoms with Gasteiger partial charge in [-0.05, 0) is 24.3 Å². The van der Waals surface area contributed by atoms with Crippen molar-refractivity contribution in [1.29, 1.82) is 0 Å². The monoisotopic (exact) mass is 255 g/mol. The summed E-state index contributed by atoms with van der Waals surface area (Å²) in [4.78, 5) is 14.7. The molecule has 5 heteroatoms. The number of hydrogen-bond donors (Lipinski definition) is 1. The summed E-state index contributed by atoms with van der Waals surface area (Å²) in [6, 6.07) is 6.69. The zero-order chi connectivity index (χ0) is 11.7. The Morgan fingerprint density at radius 2 is 2.06 bits per heavy atom. The second-order valence-corrected chi connectivity index (χ2v) is 4.17. The van der Waals surface area contributed by atoms with Crippen LogP contribution in [0.5, 0.6) is 0 Å². The molecule has 0 fully saturated rings. The zero-order valence-corrected chi connectivity index (χ0v) is 9.59. The normalized spacial score (nSPS) is 10.6. The Kier molecular flexibility index (Phi) is 2.99. The highest BCUT2D eigenvalue weighted by molar-refractivity contribution is 6.38. The fourth-order valence-electron chi connectivity index (χ4n) is 1.45. The summed E-state index contributed by atoms with van der Waals surface area (Å²) in [5.41, 5.74) is 1.09. The number of carboxylic acid groups (broad SMARTS) is 1. The van der Waals surface area contributed by atoms with Crippen LogP contribution in [-0.2, 0) is 11.2 Å². The van der Waals surface area contributed by atoms with Crippen LogP contribution in [0.15, 0.2) is 24.3 Å². The number of halogens is 2. The fraction of sp³-hybridized carbons (Fsp3) is 0.0909. The van der Waals surface area contributed by atoms with Gasteiger partial charge in [-0.25, -0.2) is 0 Å². The first-order chi connectivity index (χ1) is 7.56. The van der Waals surface area contributed by atoms with Crippen molar-refractivity contribution in [2.75, 3.05) is 0 Å². The van der Waals surface area contributed by atoms with E-state index < -0.39 is 5.97 Å². The highest BCUT2D eigenvalue weighted by Crippen LogP contribution is 2.26. The van der Waals surface area contributed by atoms with Crippen molar-refractivity contribution in [3.63, 3.8) is 0 Å². The quantitative estimate of drug-likeness (QED) is 0.897. The Labute approximate surface area is 102 Å². The van der Waals surface area contributed by atoms with Crippen LogP contribution in [0.1, 0.15) is 5.69 Å². The van der Waals surface area contributed by atoms with Gasteiger partial charge in [-0.15, -0.1) is 0 Å². The number of fused-ring (bicyclic) bond motifs is 1. The largest absolute Gasteiger partial charge is 0.481 e. The van der Waals surface area contributed by atoms with Crippen LogP contribution in [0.3, 0.4) is 0 Å². The van der Waals surface area contributed by atoms with Gasteiger partial charge in [0.2, 0.25) is 0 Å². The van der Waals surface area contributed by atoms with Gasteiger partial charge in [-0.3, -0.25) is 9.78 Å². The van der Waals surface area contributed by atoms with Crippen molar-refractivity contribution in [2.45, 2.75) is 6.42 Å². The maximum Gasteiger partial charge on any atom is 0.309 e. The summed E-state index contributed by atoms with van der Waals surface area (Å²) in [5, 5.41) is 10.4. The summed E-state index contributed by atoms with van der Waals surface area (Å²) in [5.74, 6) is -0.917. The van der Waals surface area contributed by atoms with Crippen LogP contribution in [0.25, 0.3) is 10.9 Å². The van der Waals surface area contributed by atoms with Gasteiger partial charge in [0.1, 0.15) is 0 Å². The molecule has 1 N–H and O–H groups in total. The minimum atomic E-state index is -0.917. The van der Waals surface area contributed by atoms with E-state index >= 15 is 0 Å². The van der Waals surface area contributed by atoms with E-state index in [1.165, 1.54) is 0 Å². The number of aromatic nitrogens is 1. The van der Waals surface area contributed by atoms with Gasteiger partial charge < -0.3 is 5.11 Å². The number of hydrogen-bond acceptors (Lipinski definition) is 2. The molecule has 0 saturated carbocycles. The van der Waals surface area contributed by atoms with Crippen molar-refractivity contribution >= 4 is 40.1 Å².